The van der Waals surface area contributed by atoms with Crippen molar-refractivity contribution < 1.29 is 5.11 Å². The summed E-state index contributed by atoms with van der Waals surface area (Å²) in [6.07, 6.45) is 0. The molecule has 0 spiro atoms. The molecule has 0 fully saturated rings. The molecule has 1 N–H and O–H groups in total. The van der Waals surface area contributed by atoms with Gasteiger partial charge >= 0.3 is 0 Å². The number of aliphatic hydroxyl groups is 1. The summed E-state index contributed by atoms with van der Waals surface area (Å²) < 4.78 is 0. The summed E-state index contributed by atoms with van der Waals surface area (Å²) in [5.74, 6) is 7.60. The smallest absolute Gasteiger partial charge is 0.104 e. The number of hydrogen-bond acceptors (Lipinski definition) is 2. The van der Waals surface area contributed by atoms with E-state index in [2.05, 4.69) is 55.2 Å². The molecule has 0 saturated heterocycles. The Morgan fingerprint density at radius 3 is 2.45 bits per heavy atom. The highest BCUT2D eigenvalue weighted by atomic mass is 32.2. The Morgan fingerprint density at radius 2 is 1.75 bits per heavy atom. The highest BCUT2D eigenvalue weighted by molar-refractivity contribution is 7.97. The number of hydrogen-bond donors (Lipinski definition) is 1. The van der Waals surface area contributed by atoms with Crippen LogP contribution < -0.4 is 0 Å². The summed E-state index contributed by atoms with van der Waals surface area (Å²) in [6, 6.07) is 16.7. The van der Waals surface area contributed by atoms with E-state index < -0.39 is 0 Å². The molecule has 1 nitrogen and oxygen atoms in total. The lowest BCUT2D eigenvalue weighted by Crippen LogP contribution is -1.87. The van der Waals surface area contributed by atoms with Crippen molar-refractivity contribution in [2.45, 2.75) is 18.4 Å². The van der Waals surface area contributed by atoms with Crippen LogP contribution in [0, 0.1) is 18.8 Å². The minimum absolute atomic E-state index is 0.0893. The number of aliphatic hydroxyl groups excluding tert-OH is 1. The summed E-state index contributed by atoms with van der Waals surface area (Å²) in [7, 11) is 0. The van der Waals surface area contributed by atoms with E-state index in [0.717, 1.165) is 17.1 Å². The third-order valence-electron chi connectivity index (χ3n) is 3.05. The average Bonchev–Trinajstić information content (AvgIpc) is 2.48. The van der Waals surface area contributed by atoms with Gasteiger partial charge in [-0.05, 0) is 35.7 Å². The lowest BCUT2D eigenvalue weighted by atomic mass is 10.1. The second-order valence-electron chi connectivity index (χ2n) is 4.58. The Hall–Kier alpha value is -1.69. The van der Waals surface area contributed by atoms with Crippen LogP contribution >= 0.6 is 11.8 Å². The fourth-order valence-electron chi connectivity index (χ4n) is 1.88. The molecule has 2 rings (SSSR count). The van der Waals surface area contributed by atoms with Crippen LogP contribution in [0.5, 0.6) is 0 Å². The van der Waals surface area contributed by atoms with E-state index in [-0.39, 0.29) is 6.61 Å². The molecule has 0 heterocycles. The lowest BCUT2D eigenvalue weighted by Gasteiger charge is -2.05. The first-order chi connectivity index (χ1) is 9.79. The summed E-state index contributed by atoms with van der Waals surface area (Å²) in [6.45, 7) is 2.07. The molecule has 2 heteroatoms. The van der Waals surface area contributed by atoms with E-state index in [1.807, 2.05) is 23.9 Å². The predicted octanol–water partition coefficient (Wildman–Crippen LogP) is 3.77. The summed E-state index contributed by atoms with van der Waals surface area (Å²) >= 11 is 1.92. The number of thioether (sulfide) groups is 1. The van der Waals surface area contributed by atoms with Crippen LogP contribution in [0.15, 0.2) is 48.5 Å². The minimum atomic E-state index is -0.0893. The van der Waals surface area contributed by atoms with Crippen LogP contribution in [-0.4, -0.2) is 11.7 Å². The molecule has 0 radical (unpaired) electrons. The van der Waals surface area contributed by atoms with Crippen molar-refractivity contribution in [3.05, 3.63) is 70.8 Å². The Kier molecular flexibility index (Phi) is 5.73. The zero-order valence-electron chi connectivity index (χ0n) is 11.6. The van der Waals surface area contributed by atoms with Gasteiger partial charge in [0.15, 0.2) is 0 Å². The topological polar surface area (TPSA) is 20.2 Å². The van der Waals surface area contributed by atoms with Crippen molar-refractivity contribution in [3.63, 3.8) is 0 Å². The van der Waals surface area contributed by atoms with Crippen LogP contribution in [0.25, 0.3) is 0 Å². The van der Waals surface area contributed by atoms with Gasteiger partial charge < -0.3 is 5.11 Å². The van der Waals surface area contributed by atoms with Crippen LogP contribution in [0.2, 0.25) is 0 Å². The Labute approximate surface area is 125 Å². The largest absolute Gasteiger partial charge is 0.384 e. The standard InChI is InChI=1S/C18H18OS/c1-15-5-2-3-7-18(15)14-20-13-17-10-8-16(9-11-17)6-4-12-19/h2-3,5,7-11,19H,12-14H2,1H3. The second kappa shape index (κ2) is 7.79. The van der Waals surface area contributed by atoms with Crippen molar-refractivity contribution >= 4 is 11.8 Å². The van der Waals surface area contributed by atoms with E-state index in [9.17, 15) is 0 Å². The van der Waals surface area contributed by atoms with Gasteiger partial charge in [0.2, 0.25) is 0 Å². The van der Waals surface area contributed by atoms with Crippen molar-refractivity contribution in [3.8, 4) is 11.8 Å². The van der Waals surface area contributed by atoms with Gasteiger partial charge in [-0.2, -0.15) is 11.8 Å². The monoisotopic (exact) mass is 282 g/mol. The Morgan fingerprint density at radius 1 is 1.00 bits per heavy atom. The van der Waals surface area contributed by atoms with Gasteiger partial charge in [0.25, 0.3) is 0 Å². The Balaban J connectivity index is 1.87. The molecule has 20 heavy (non-hydrogen) atoms. The molecule has 0 unspecified atom stereocenters. The molecule has 102 valence electrons. The molecular weight excluding hydrogens is 264 g/mol. The van der Waals surface area contributed by atoms with E-state index in [1.165, 1.54) is 16.7 Å². The molecule has 2 aromatic carbocycles. The van der Waals surface area contributed by atoms with Crippen molar-refractivity contribution in [2.75, 3.05) is 6.61 Å². The van der Waals surface area contributed by atoms with Crippen LogP contribution in [0.4, 0.5) is 0 Å². The van der Waals surface area contributed by atoms with E-state index in [4.69, 9.17) is 5.11 Å². The summed E-state index contributed by atoms with van der Waals surface area (Å²) in [4.78, 5) is 0. The molecular formula is C18H18OS. The lowest BCUT2D eigenvalue weighted by molar-refractivity contribution is 0.350. The Bertz CT molecular complexity index is 605. The molecule has 0 aromatic heterocycles. The predicted molar refractivity (Wildman–Crippen MR) is 86.6 cm³/mol. The zero-order chi connectivity index (χ0) is 14.2. The third kappa shape index (κ3) is 4.45. The molecule has 0 aliphatic heterocycles. The first-order valence-corrected chi connectivity index (χ1v) is 7.76. The van der Waals surface area contributed by atoms with E-state index in [1.54, 1.807) is 0 Å². The number of benzene rings is 2. The van der Waals surface area contributed by atoms with Crippen molar-refractivity contribution in [1.82, 2.24) is 0 Å². The van der Waals surface area contributed by atoms with Crippen LogP contribution in [-0.2, 0) is 11.5 Å². The van der Waals surface area contributed by atoms with Gasteiger partial charge in [0, 0.05) is 17.1 Å². The van der Waals surface area contributed by atoms with Gasteiger partial charge in [0.1, 0.15) is 6.61 Å². The number of rotatable bonds is 4. The van der Waals surface area contributed by atoms with Crippen molar-refractivity contribution in [2.24, 2.45) is 0 Å². The highest BCUT2D eigenvalue weighted by Gasteiger charge is 1.98. The fourth-order valence-corrected chi connectivity index (χ4v) is 2.95. The maximum Gasteiger partial charge on any atom is 0.104 e. The second-order valence-corrected chi connectivity index (χ2v) is 5.56. The molecule has 0 atom stereocenters. The average molecular weight is 282 g/mol. The van der Waals surface area contributed by atoms with E-state index >= 15 is 0 Å². The molecule has 0 aliphatic rings. The summed E-state index contributed by atoms with van der Waals surface area (Å²) in [5, 5.41) is 8.65. The first kappa shape index (κ1) is 14.7. The maximum absolute atomic E-state index is 8.65. The minimum Gasteiger partial charge on any atom is -0.384 e. The molecule has 0 aliphatic carbocycles. The third-order valence-corrected chi connectivity index (χ3v) is 4.11. The zero-order valence-corrected chi connectivity index (χ0v) is 12.4. The highest BCUT2D eigenvalue weighted by Crippen LogP contribution is 2.20. The maximum atomic E-state index is 8.65. The van der Waals surface area contributed by atoms with Crippen LogP contribution in [0.1, 0.15) is 22.3 Å². The summed E-state index contributed by atoms with van der Waals surface area (Å²) in [5.41, 5.74) is 5.02. The molecule has 0 bridgehead atoms. The van der Waals surface area contributed by atoms with E-state index in [0.29, 0.717) is 0 Å². The van der Waals surface area contributed by atoms with Gasteiger partial charge in [0.05, 0.1) is 0 Å². The van der Waals surface area contributed by atoms with Crippen LogP contribution in [0.3, 0.4) is 0 Å². The molecule has 0 amide bonds. The number of aryl methyl sites for hydroxylation is 1. The van der Waals surface area contributed by atoms with Gasteiger partial charge in [-0.3, -0.25) is 0 Å². The molecule has 0 saturated carbocycles. The van der Waals surface area contributed by atoms with Crippen molar-refractivity contribution in [1.29, 1.82) is 0 Å². The van der Waals surface area contributed by atoms with Gasteiger partial charge in [-0.25, -0.2) is 0 Å². The SMILES string of the molecule is Cc1ccccc1CSCc1ccc(C#CCO)cc1. The fraction of sp³-hybridized carbons (Fsp3) is 0.222. The van der Waals surface area contributed by atoms with Gasteiger partial charge in [-0.15, -0.1) is 0 Å². The first-order valence-electron chi connectivity index (χ1n) is 6.60. The normalized spacial score (nSPS) is 9.90. The quantitative estimate of drug-likeness (QED) is 0.861. The molecule has 2 aromatic rings. The van der Waals surface area contributed by atoms with Gasteiger partial charge in [-0.1, -0.05) is 48.2 Å².